The van der Waals surface area contributed by atoms with Crippen molar-refractivity contribution in [1.82, 2.24) is 0 Å². The molecule has 21 heavy (non-hydrogen) atoms. The minimum Gasteiger partial charge on any atom is -0.432 e. The summed E-state index contributed by atoms with van der Waals surface area (Å²) in [4.78, 5) is 13.0. The Morgan fingerprint density at radius 2 is 1.57 bits per heavy atom. The summed E-state index contributed by atoms with van der Waals surface area (Å²) in [5.41, 5.74) is 2.33. The van der Waals surface area contributed by atoms with Crippen molar-refractivity contribution in [2.75, 3.05) is 11.4 Å². The average molecular weight is 306 g/mol. The van der Waals surface area contributed by atoms with Gasteiger partial charge in [-0.3, -0.25) is 0 Å². The molecule has 0 aromatic heterocycles. The van der Waals surface area contributed by atoms with Crippen molar-refractivity contribution < 1.29 is 4.80 Å². The molecule has 0 heterocycles. The normalized spacial score (nSPS) is 13.1. The van der Waals surface area contributed by atoms with Gasteiger partial charge in [-0.1, -0.05) is 38.6 Å². The third-order valence-electron chi connectivity index (χ3n) is 4.46. The van der Waals surface area contributed by atoms with E-state index in [0.29, 0.717) is 0 Å². The SMILES string of the molecule is C=Cc1ccc(N(CC(C)(C)[Si](C)(C)O)C(C)(C)C)cc1. The summed E-state index contributed by atoms with van der Waals surface area (Å²) in [7, 11) is -2.23. The Kier molecular flexibility index (Phi) is 5.12. The molecule has 0 spiro atoms. The van der Waals surface area contributed by atoms with Crippen LogP contribution in [0.1, 0.15) is 40.2 Å². The van der Waals surface area contributed by atoms with Gasteiger partial charge in [-0.2, -0.15) is 0 Å². The second-order valence-electron chi connectivity index (χ2n) is 8.00. The van der Waals surface area contributed by atoms with E-state index in [9.17, 15) is 4.80 Å². The van der Waals surface area contributed by atoms with Gasteiger partial charge in [-0.25, -0.2) is 0 Å². The highest BCUT2D eigenvalue weighted by atomic mass is 28.4. The third-order valence-corrected chi connectivity index (χ3v) is 7.93. The molecule has 1 aromatic carbocycles. The zero-order valence-corrected chi connectivity index (χ0v) is 15.7. The average Bonchev–Trinajstić information content (AvgIpc) is 2.33. The zero-order valence-electron chi connectivity index (χ0n) is 14.7. The number of nitrogens with zero attached hydrogens (tertiary/aromatic N) is 1. The van der Waals surface area contributed by atoms with E-state index in [2.05, 4.69) is 70.4 Å². The molecule has 0 unspecified atom stereocenters. The highest BCUT2D eigenvalue weighted by molar-refractivity contribution is 6.73. The molecule has 0 fully saturated rings. The molecule has 118 valence electrons. The number of hydrogen-bond donors (Lipinski definition) is 1. The van der Waals surface area contributed by atoms with E-state index in [0.717, 1.165) is 12.1 Å². The topological polar surface area (TPSA) is 23.5 Å². The molecule has 0 bridgehead atoms. The van der Waals surface area contributed by atoms with Gasteiger partial charge in [0.2, 0.25) is 0 Å². The van der Waals surface area contributed by atoms with Crippen LogP contribution in [0.25, 0.3) is 6.08 Å². The standard InChI is InChI=1S/C18H31NOSi/c1-9-15-10-12-16(13-11-15)19(17(2,3)4)14-18(5,6)21(7,8)20/h9-13,20H,1,14H2,2-8H3. The molecule has 0 atom stereocenters. The van der Waals surface area contributed by atoms with E-state index in [1.807, 2.05) is 19.2 Å². The van der Waals surface area contributed by atoms with Crippen LogP contribution in [-0.4, -0.2) is 25.2 Å². The maximum absolute atomic E-state index is 10.6. The van der Waals surface area contributed by atoms with Crippen LogP contribution < -0.4 is 4.90 Å². The summed E-state index contributed by atoms with van der Waals surface area (Å²) < 4.78 is 0. The van der Waals surface area contributed by atoms with E-state index in [1.54, 1.807) is 0 Å². The highest BCUT2D eigenvalue weighted by Gasteiger charge is 2.41. The molecule has 2 nitrogen and oxygen atoms in total. The molecule has 1 N–H and O–H groups in total. The van der Waals surface area contributed by atoms with Crippen molar-refractivity contribution in [2.24, 2.45) is 0 Å². The van der Waals surface area contributed by atoms with Gasteiger partial charge in [0.05, 0.1) is 0 Å². The summed E-state index contributed by atoms with van der Waals surface area (Å²) in [5.74, 6) is 0. The zero-order chi connectivity index (χ0) is 16.5. The lowest BCUT2D eigenvalue weighted by molar-refractivity contribution is 0.423. The third kappa shape index (κ3) is 4.45. The van der Waals surface area contributed by atoms with Crippen LogP contribution in [0, 0.1) is 0 Å². The molecule has 3 heteroatoms. The molecule has 0 aliphatic heterocycles. The van der Waals surface area contributed by atoms with Gasteiger partial charge >= 0.3 is 0 Å². The van der Waals surface area contributed by atoms with Crippen LogP contribution in [0.2, 0.25) is 18.1 Å². The number of benzene rings is 1. The summed E-state index contributed by atoms with van der Waals surface area (Å²) in [5, 5.41) is -0.0859. The first-order chi connectivity index (χ1) is 9.38. The van der Waals surface area contributed by atoms with Crippen molar-refractivity contribution in [3.05, 3.63) is 36.4 Å². The molecule has 0 saturated carbocycles. The number of hydrogen-bond acceptors (Lipinski definition) is 2. The lowest BCUT2D eigenvalue weighted by Crippen LogP contribution is -2.51. The lowest BCUT2D eigenvalue weighted by Gasteiger charge is -2.46. The Hall–Kier alpha value is -1.06. The highest BCUT2D eigenvalue weighted by Crippen LogP contribution is 2.39. The van der Waals surface area contributed by atoms with Crippen molar-refractivity contribution in [1.29, 1.82) is 0 Å². The van der Waals surface area contributed by atoms with Gasteiger partial charge < -0.3 is 9.70 Å². The molecule has 0 aliphatic carbocycles. The van der Waals surface area contributed by atoms with E-state index in [-0.39, 0.29) is 10.6 Å². The Labute approximate surface area is 131 Å². The summed E-state index contributed by atoms with van der Waals surface area (Å²) >= 11 is 0. The molecule has 0 radical (unpaired) electrons. The fraction of sp³-hybridized carbons (Fsp3) is 0.556. The van der Waals surface area contributed by atoms with Gasteiger partial charge in [-0.15, -0.1) is 0 Å². The van der Waals surface area contributed by atoms with Crippen molar-refractivity contribution in [2.45, 2.75) is 58.3 Å². The largest absolute Gasteiger partial charge is 0.432 e. The van der Waals surface area contributed by atoms with Crippen LogP contribution in [0.5, 0.6) is 0 Å². The van der Waals surface area contributed by atoms with Crippen LogP contribution in [0.3, 0.4) is 0 Å². The van der Waals surface area contributed by atoms with Gasteiger partial charge in [0, 0.05) is 22.8 Å². The summed E-state index contributed by atoms with van der Waals surface area (Å²) in [6, 6.07) is 8.47. The minimum absolute atomic E-state index is 0.00656. The molecular formula is C18H31NOSi. The second-order valence-corrected chi connectivity index (χ2v) is 12.5. The van der Waals surface area contributed by atoms with Crippen LogP contribution in [0.4, 0.5) is 5.69 Å². The Morgan fingerprint density at radius 3 is 1.90 bits per heavy atom. The van der Waals surface area contributed by atoms with Crippen molar-refractivity contribution in [3.63, 3.8) is 0 Å². The molecule has 0 saturated heterocycles. The minimum atomic E-state index is -2.23. The van der Waals surface area contributed by atoms with Crippen molar-refractivity contribution in [3.8, 4) is 0 Å². The quantitative estimate of drug-likeness (QED) is 0.781. The first-order valence-corrected chi connectivity index (χ1v) is 10.6. The summed E-state index contributed by atoms with van der Waals surface area (Å²) in [6.07, 6.45) is 1.86. The van der Waals surface area contributed by atoms with Gasteiger partial charge in [-0.05, 0) is 51.6 Å². The summed E-state index contributed by atoms with van der Waals surface area (Å²) in [6.45, 7) is 19.7. The van der Waals surface area contributed by atoms with Crippen LogP contribution in [0.15, 0.2) is 30.8 Å². The molecule has 0 amide bonds. The predicted octanol–water partition coefficient (Wildman–Crippen LogP) is 4.91. The lowest BCUT2D eigenvalue weighted by atomic mass is 10.0. The van der Waals surface area contributed by atoms with E-state index >= 15 is 0 Å². The Bertz CT molecular complexity index is 477. The second kappa shape index (κ2) is 5.97. The maximum atomic E-state index is 10.6. The number of rotatable bonds is 5. The van der Waals surface area contributed by atoms with E-state index in [1.165, 1.54) is 5.69 Å². The number of anilines is 1. The van der Waals surface area contributed by atoms with Crippen molar-refractivity contribution >= 4 is 20.1 Å². The first-order valence-electron chi connectivity index (χ1n) is 7.61. The molecule has 0 aliphatic rings. The Morgan fingerprint density at radius 1 is 1.10 bits per heavy atom. The van der Waals surface area contributed by atoms with E-state index in [4.69, 9.17) is 0 Å². The van der Waals surface area contributed by atoms with Crippen LogP contribution >= 0.6 is 0 Å². The maximum Gasteiger partial charge on any atom is 0.189 e. The fourth-order valence-corrected chi connectivity index (χ4v) is 2.64. The first kappa shape index (κ1) is 18.0. The van der Waals surface area contributed by atoms with Crippen LogP contribution in [-0.2, 0) is 0 Å². The van der Waals surface area contributed by atoms with Gasteiger partial charge in [0.15, 0.2) is 8.32 Å². The monoisotopic (exact) mass is 305 g/mol. The van der Waals surface area contributed by atoms with Gasteiger partial charge in [0.1, 0.15) is 0 Å². The van der Waals surface area contributed by atoms with E-state index < -0.39 is 8.32 Å². The smallest absolute Gasteiger partial charge is 0.189 e. The molecule has 1 rings (SSSR count). The molecular weight excluding hydrogens is 274 g/mol. The Balaban J connectivity index is 3.15. The fourth-order valence-electron chi connectivity index (χ4n) is 2.09. The predicted molar refractivity (Wildman–Crippen MR) is 97.4 cm³/mol. The van der Waals surface area contributed by atoms with Gasteiger partial charge in [0.25, 0.3) is 0 Å². The molecule has 1 aromatic rings.